The van der Waals surface area contributed by atoms with Crippen molar-refractivity contribution in [2.75, 3.05) is 6.61 Å². The van der Waals surface area contributed by atoms with Crippen molar-refractivity contribution in [1.29, 1.82) is 0 Å². The number of benzene rings is 1. The van der Waals surface area contributed by atoms with Crippen LogP contribution in [0.1, 0.15) is 18.1 Å². The lowest BCUT2D eigenvalue weighted by molar-refractivity contribution is 0.266. The summed E-state index contributed by atoms with van der Waals surface area (Å²) in [5.74, 6) is 0.683. The molecule has 0 aliphatic heterocycles. The van der Waals surface area contributed by atoms with Gasteiger partial charge in [-0.15, -0.1) is 0 Å². The number of aliphatic hydroxyl groups is 1. The lowest BCUT2D eigenvalue weighted by Gasteiger charge is -2.10. The largest absolute Gasteiger partial charge is 0.493 e. The first-order valence-corrected chi connectivity index (χ1v) is 4.22. The van der Waals surface area contributed by atoms with Crippen LogP contribution < -0.4 is 4.74 Å². The molecule has 2 heteroatoms. The molecule has 0 amide bonds. The molecule has 0 aliphatic rings. The summed E-state index contributed by atoms with van der Waals surface area (Å²) in [6, 6.07) is 5.53. The molecule has 0 saturated carbocycles. The topological polar surface area (TPSA) is 29.5 Å². The van der Waals surface area contributed by atoms with Gasteiger partial charge in [0.1, 0.15) is 5.75 Å². The van der Waals surface area contributed by atoms with Crippen molar-refractivity contribution >= 4 is 0 Å². The minimum atomic E-state index is -0.0230. The van der Waals surface area contributed by atoms with Crippen LogP contribution in [0.4, 0.5) is 0 Å². The van der Waals surface area contributed by atoms with E-state index in [1.807, 2.05) is 25.1 Å². The van der Waals surface area contributed by atoms with Gasteiger partial charge in [0, 0.05) is 11.1 Å². The summed E-state index contributed by atoms with van der Waals surface area (Å²) in [4.78, 5) is 0. The molecule has 69 valence electrons. The van der Waals surface area contributed by atoms with Gasteiger partial charge in [-0.2, -0.15) is 0 Å². The third kappa shape index (κ3) is 2.10. The maximum atomic E-state index is 9.04. The molecule has 0 aliphatic carbocycles. The van der Waals surface area contributed by atoms with E-state index in [9.17, 15) is 0 Å². The number of para-hydroxylation sites is 1. The first-order chi connectivity index (χ1) is 6.33. The number of aliphatic hydroxyl groups excluding tert-OH is 1. The van der Waals surface area contributed by atoms with Crippen LogP contribution in [0.25, 0.3) is 0 Å². The lowest BCUT2D eigenvalue weighted by Crippen LogP contribution is -1.99. The average Bonchev–Trinajstić information content (AvgIpc) is 2.18. The van der Waals surface area contributed by atoms with Crippen molar-refractivity contribution in [3.05, 3.63) is 42.0 Å². The normalized spacial score (nSPS) is 9.69. The molecule has 0 unspecified atom stereocenters. The molecule has 2 nitrogen and oxygen atoms in total. The second-order valence-electron chi connectivity index (χ2n) is 2.56. The zero-order valence-electron chi connectivity index (χ0n) is 7.71. The van der Waals surface area contributed by atoms with Crippen molar-refractivity contribution in [2.45, 2.75) is 13.5 Å². The van der Waals surface area contributed by atoms with Gasteiger partial charge in [0.2, 0.25) is 0 Å². The van der Waals surface area contributed by atoms with Gasteiger partial charge in [0.25, 0.3) is 0 Å². The minimum absolute atomic E-state index is 0.0230. The van der Waals surface area contributed by atoms with E-state index in [1.165, 1.54) is 0 Å². The Morgan fingerprint density at radius 2 is 2.31 bits per heavy atom. The fraction of sp³-hybridized carbons (Fsp3) is 0.273. The Morgan fingerprint density at radius 1 is 1.54 bits per heavy atom. The van der Waals surface area contributed by atoms with E-state index in [-0.39, 0.29) is 6.61 Å². The van der Waals surface area contributed by atoms with Crippen LogP contribution in [-0.4, -0.2) is 11.7 Å². The predicted molar refractivity (Wildman–Crippen MR) is 51.5 cm³/mol. The number of hydrogen-bond donors (Lipinski definition) is 1. The van der Waals surface area contributed by atoms with Crippen molar-refractivity contribution < 1.29 is 9.84 Å². The van der Waals surface area contributed by atoms with Crippen LogP contribution in [0.3, 0.4) is 0 Å². The van der Waals surface area contributed by atoms with Gasteiger partial charge in [-0.25, -0.2) is 0 Å². The Morgan fingerprint density at radius 3 is 2.85 bits per heavy atom. The molecule has 13 heavy (non-hydrogen) atoms. The van der Waals surface area contributed by atoms with Crippen LogP contribution in [0.5, 0.6) is 5.75 Å². The van der Waals surface area contributed by atoms with Crippen molar-refractivity contribution in [3.63, 3.8) is 0 Å². The van der Waals surface area contributed by atoms with E-state index in [0.29, 0.717) is 12.4 Å². The molecule has 1 radical (unpaired) electrons. The number of hydrogen-bond acceptors (Lipinski definition) is 2. The number of rotatable bonds is 4. The third-order valence-corrected chi connectivity index (χ3v) is 1.75. The molecule has 0 aromatic heterocycles. The summed E-state index contributed by atoms with van der Waals surface area (Å²) in [7, 11) is 0. The Hall–Kier alpha value is -1.28. The SMILES string of the molecule is C=[C]c1cccc(CO)c1OCC. The molecule has 1 aromatic carbocycles. The van der Waals surface area contributed by atoms with Gasteiger partial charge in [-0.05, 0) is 13.0 Å². The highest BCUT2D eigenvalue weighted by molar-refractivity contribution is 5.44. The molecule has 0 heterocycles. The van der Waals surface area contributed by atoms with E-state index in [4.69, 9.17) is 9.84 Å². The minimum Gasteiger partial charge on any atom is -0.493 e. The van der Waals surface area contributed by atoms with E-state index in [0.717, 1.165) is 11.1 Å². The zero-order valence-corrected chi connectivity index (χ0v) is 7.71. The highest BCUT2D eigenvalue weighted by atomic mass is 16.5. The van der Waals surface area contributed by atoms with Crippen LogP contribution >= 0.6 is 0 Å². The first-order valence-electron chi connectivity index (χ1n) is 4.22. The van der Waals surface area contributed by atoms with Crippen LogP contribution in [0.15, 0.2) is 24.8 Å². The molecular weight excluding hydrogens is 164 g/mol. The van der Waals surface area contributed by atoms with Gasteiger partial charge in [0.15, 0.2) is 0 Å². The maximum Gasteiger partial charge on any atom is 0.132 e. The van der Waals surface area contributed by atoms with Crippen LogP contribution in [0.2, 0.25) is 0 Å². The summed E-state index contributed by atoms with van der Waals surface area (Å²) < 4.78 is 5.39. The lowest BCUT2D eigenvalue weighted by atomic mass is 10.1. The van der Waals surface area contributed by atoms with Gasteiger partial charge in [-0.1, -0.05) is 24.8 Å². The summed E-state index contributed by atoms with van der Waals surface area (Å²) in [5, 5.41) is 9.04. The molecule has 1 N–H and O–H groups in total. The molecule has 1 aromatic rings. The van der Waals surface area contributed by atoms with Gasteiger partial charge >= 0.3 is 0 Å². The Labute approximate surface area is 78.5 Å². The van der Waals surface area contributed by atoms with Crippen LogP contribution in [0, 0.1) is 6.08 Å². The average molecular weight is 177 g/mol. The molecule has 0 spiro atoms. The van der Waals surface area contributed by atoms with Crippen LogP contribution in [-0.2, 0) is 6.61 Å². The Bertz CT molecular complexity index is 292. The number of ether oxygens (including phenoxy) is 1. The van der Waals surface area contributed by atoms with Gasteiger partial charge in [-0.3, -0.25) is 0 Å². The summed E-state index contributed by atoms with van der Waals surface area (Å²) in [6.07, 6.45) is 2.77. The highest BCUT2D eigenvalue weighted by Crippen LogP contribution is 2.23. The Balaban J connectivity index is 3.12. The highest BCUT2D eigenvalue weighted by Gasteiger charge is 2.05. The van der Waals surface area contributed by atoms with Gasteiger partial charge in [0.05, 0.1) is 13.2 Å². The fourth-order valence-corrected chi connectivity index (χ4v) is 1.16. The quantitative estimate of drug-likeness (QED) is 0.761. The predicted octanol–water partition coefficient (Wildman–Crippen LogP) is 1.91. The summed E-state index contributed by atoms with van der Waals surface area (Å²) in [6.45, 7) is 6.02. The summed E-state index contributed by atoms with van der Waals surface area (Å²) >= 11 is 0. The molecule has 1 rings (SSSR count). The maximum absolute atomic E-state index is 9.04. The van der Waals surface area contributed by atoms with E-state index < -0.39 is 0 Å². The summed E-state index contributed by atoms with van der Waals surface area (Å²) in [5.41, 5.74) is 1.57. The standard InChI is InChI=1S/C11H13O2/c1-3-9-6-5-7-10(8-12)11(9)13-4-2/h5-7,12H,1,4,8H2,2H3. The second kappa shape index (κ2) is 4.67. The van der Waals surface area contributed by atoms with Crippen molar-refractivity contribution in [3.8, 4) is 5.75 Å². The van der Waals surface area contributed by atoms with Gasteiger partial charge < -0.3 is 9.84 Å². The third-order valence-electron chi connectivity index (χ3n) is 1.75. The van der Waals surface area contributed by atoms with E-state index in [2.05, 4.69) is 12.7 Å². The molecule has 0 fully saturated rings. The van der Waals surface area contributed by atoms with Crippen molar-refractivity contribution in [2.24, 2.45) is 0 Å². The smallest absolute Gasteiger partial charge is 0.132 e. The monoisotopic (exact) mass is 177 g/mol. The first kappa shape index (κ1) is 9.81. The second-order valence-corrected chi connectivity index (χ2v) is 2.56. The van der Waals surface area contributed by atoms with E-state index >= 15 is 0 Å². The Kier molecular flexibility index (Phi) is 3.53. The fourth-order valence-electron chi connectivity index (χ4n) is 1.16. The molecular formula is C11H13O2. The molecule has 0 saturated heterocycles. The molecule has 0 atom stereocenters. The molecule has 0 bridgehead atoms. The van der Waals surface area contributed by atoms with Crippen molar-refractivity contribution in [1.82, 2.24) is 0 Å². The van der Waals surface area contributed by atoms with E-state index in [1.54, 1.807) is 0 Å². The zero-order chi connectivity index (χ0) is 9.68.